The number of hydrogen-bond donors (Lipinski definition) is 0. The highest BCUT2D eigenvalue weighted by Gasteiger charge is 2.13. The van der Waals surface area contributed by atoms with E-state index >= 15 is 0 Å². The summed E-state index contributed by atoms with van der Waals surface area (Å²) in [5.74, 6) is 5.77. The van der Waals surface area contributed by atoms with Gasteiger partial charge in [-0.1, -0.05) is 66.6 Å². The number of Topliss-reactive ketones (excluding diaryl/α,β-unsaturated/α-hetero) is 2. The van der Waals surface area contributed by atoms with E-state index in [1.54, 1.807) is 49.4 Å². The number of hydrogen-bond acceptors (Lipinski definition) is 3. The van der Waals surface area contributed by atoms with Gasteiger partial charge in [0, 0.05) is 29.5 Å². The van der Waals surface area contributed by atoms with Crippen molar-refractivity contribution in [3.8, 4) is 17.9 Å². The van der Waals surface area contributed by atoms with E-state index in [0.717, 1.165) is 11.1 Å². The molecule has 0 aliphatic rings. The van der Waals surface area contributed by atoms with Crippen molar-refractivity contribution in [2.75, 3.05) is 0 Å². The van der Waals surface area contributed by atoms with Gasteiger partial charge in [-0.15, -0.1) is 5.92 Å². The van der Waals surface area contributed by atoms with Crippen LogP contribution in [0, 0.1) is 23.2 Å². The van der Waals surface area contributed by atoms with Gasteiger partial charge < -0.3 is 0 Å². The van der Waals surface area contributed by atoms with Crippen LogP contribution >= 0.6 is 0 Å². The Hall–Kier alpha value is -3.95. The van der Waals surface area contributed by atoms with Crippen molar-refractivity contribution in [3.63, 3.8) is 0 Å². The minimum absolute atomic E-state index is 0.0239. The van der Waals surface area contributed by atoms with Gasteiger partial charge >= 0.3 is 0 Å². The van der Waals surface area contributed by atoms with Crippen molar-refractivity contribution in [3.05, 3.63) is 106 Å². The third kappa shape index (κ3) is 4.86. The number of carbonyl (C=O) groups is 2. The zero-order valence-electron chi connectivity index (χ0n) is 16.1. The molecule has 3 nitrogen and oxygen atoms in total. The molecule has 3 aromatic carbocycles. The zero-order chi connectivity index (χ0) is 20.6. The summed E-state index contributed by atoms with van der Waals surface area (Å²) in [6, 6.07) is 23.5. The van der Waals surface area contributed by atoms with E-state index < -0.39 is 0 Å². The fourth-order valence-electron chi connectivity index (χ4n) is 3.11. The summed E-state index contributed by atoms with van der Waals surface area (Å²) in [6.07, 6.45) is 0.410. The predicted molar refractivity (Wildman–Crippen MR) is 113 cm³/mol. The molecule has 3 heteroatoms. The summed E-state index contributed by atoms with van der Waals surface area (Å²) in [5, 5.41) is 9.17. The molecule has 0 amide bonds. The van der Waals surface area contributed by atoms with Crippen LogP contribution in [0.1, 0.15) is 49.9 Å². The molecule has 0 saturated carbocycles. The largest absolute Gasteiger partial charge is 0.294 e. The molecule has 0 spiro atoms. The molecule has 0 saturated heterocycles. The second-order valence-electron chi connectivity index (χ2n) is 6.58. The average Bonchev–Trinajstić information content (AvgIpc) is 2.75. The van der Waals surface area contributed by atoms with Gasteiger partial charge in [0.05, 0.1) is 11.6 Å². The van der Waals surface area contributed by atoms with E-state index in [-0.39, 0.29) is 24.4 Å². The lowest BCUT2D eigenvalue weighted by Gasteiger charge is -2.06. The Labute approximate surface area is 170 Å². The van der Waals surface area contributed by atoms with Crippen molar-refractivity contribution < 1.29 is 9.59 Å². The molecular formula is C26H19NO2. The molecule has 0 aliphatic carbocycles. The Kier molecular flexibility index (Phi) is 6.36. The van der Waals surface area contributed by atoms with E-state index in [9.17, 15) is 9.59 Å². The highest BCUT2D eigenvalue weighted by atomic mass is 16.1. The van der Waals surface area contributed by atoms with Crippen molar-refractivity contribution in [2.24, 2.45) is 0 Å². The maximum atomic E-state index is 12.7. The van der Waals surface area contributed by atoms with Crippen LogP contribution in [-0.2, 0) is 12.8 Å². The van der Waals surface area contributed by atoms with Gasteiger partial charge in [0.15, 0.2) is 11.6 Å². The lowest BCUT2D eigenvalue weighted by molar-refractivity contribution is 0.0981. The van der Waals surface area contributed by atoms with Crippen LogP contribution in [0.2, 0.25) is 0 Å². The third-order valence-electron chi connectivity index (χ3n) is 4.65. The van der Waals surface area contributed by atoms with Crippen LogP contribution in [0.25, 0.3) is 0 Å². The van der Waals surface area contributed by atoms with Crippen molar-refractivity contribution in [1.82, 2.24) is 0 Å². The molecule has 0 N–H and O–H groups in total. The van der Waals surface area contributed by atoms with Gasteiger partial charge in [0.1, 0.15) is 0 Å². The summed E-state index contributed by atoms with van der Waals surface area (Å²) in [7, 11) is 0. The average molecular weight is 377 g/mol. The third-order valence-corrected chi connectivity index (χ3v) is 4.65. The molecule has 140 valence electrons. The fourth-order valence-corrected chi connectivity index (χ4v) is 3.11. The Morgan fingerprint density at radius 2 is 1.17 bits per heavy atom. The first-order chi connectivity index (χ1) is 14.1. The normalized spacial score (nSPS) is 9.79. The van der Waals surface area contributed by atoms with Crippen LogP contribution in [0.5, 0.6) is 0 Å². The highest BCUT2D eigenvalue weighted by molar-refractivity contribution is 6.01. The standard InChI is InChI=1S/C26H19NO2/c1-2-7-19-8-3-4-9-22(19)16-25(28)20-12-14-21(15-13-20)26(29)17-23-10-5-6-11-24(23)18-27/h3-6,8-15H,16-17H2,1H3. The Morgan fingerprint density at radius 3 is 1.66 bits per heavy atom. The monoisotopic (exact) mass is 377 g/mol. The molecule has 0 bridgehead atoms. The topological polar surface area (TPSA) is 57.9 Å². The number of rotatable bonds is 6. The van der Waals surface area contributed by atoms with Gasteiger partial charge in [-0.05, 0) is 30.2 Å². The van der Waals surface area contributed by atoms with E-state index in [1.807, 2.05) is 30.3 Å². The molecule has 0 atom stereocenters. The molecule has 3 rings (SSSR count). The summed E-state index contributed by atoms with van der Waals surface area (Å²) < 4.78 is 0. The highest BCUT2D eigenvalue weighted by Crippen LogP contribution is 2.15. The van der Waals surface area contributed by atoms with Gasteiger partial charge in [0.2, 0.25) is 0 Å². The Balaban J connectivity index is 1.73. The summed E-state index contributed by atoms with van der Waals surface area (Å²) in [4.78, 5) is 25.2. The van der Waals surface area contributed by atoms with Gasteiger partial charge in [-0.2, -0.15) is 5.26 Å². The maximum absolute atomic E-state index is 12.7. The first kappa shape index (κ1) is 19.8. The summed E-state index contributed by atoms with van der Waals surface area (Å²) in [5.41, 5.74) is 4.02. The second-order valence-corrected chi connectivity index (χ2v) is 6.58. The zero-order valence-corrected chi connectivity index (χ0v) is 16.1. The molecule has 0 fully saturated rings. The molecule has 0 heterocycles. The van der Waals surface area contributed by atoms with Crippen LogP contribution in [0.15, 0.2) is 72.8 Å². The Morgan fingerprint density at radius 1 is 0.724 bits per heavy atom. The molecule has 29 heavy (non-hydrogen) atoms. The van der Waals surface area contributed by atoms with Crippen LogP contribution in [0.3, 0.4) is 0 Å². The molecule has 0 aromatic heterocycles. The number of benzene rings is 3. The van der Waals surface area contributed by atoms with E-state index in [4.69, 9.17) is 5.26 Å². The number of ketones is 2. The summed E-state index contributed by atoms with van der Waals surface area (Å²) >= 11 is 0. The van der Waals surface area contributed by atoms with Crippen LogP contribution in [0.4, 0.5) is 0 Å². The minimum atomic E-state index is -0.0877. The lowest BCUT2D eigenvalue weighted by Crippen LogP contribution is -2.08. The molecule has 0 unspecified atom stereocenters. The SMILES string of the molecule is CC#Cc1ccccc1CC(=O)c1ccc(C(=O)Cc2ccccc2C#N)cc1. The van der Waals surface area contributed by atoms with Gasteiger partial charge in [0.25, 0.3) is 0 Å². The molecular weight excluding hydrogens is 358 g/mol. The van der Waals surface area contributed by atoms with Crippen LogP contribution in [-0.4, -0.2) is 11.6 Å². The number of carbonyl (C=O) groups excluding carboxylic acids is 2. The first-order valence-electron chi connectivity index (χ1n) is 9.27. The molecule has 3 aromatic rings. The predicted octanol–water partition coefficient (Wildman–Crippen LogP) is 4.78. The minimum Gasteiger partial charge on any atom is -0.294 e. The van der Waals surface area contributed by atoms with E-state index in [2.05, 4.69) is 17.9 Å². The van der Waals surface area contributed by atoms with E-state index in [1.165, 1.54) is 0 Å². The fraction of sp³-hybridized carbons (Fsp3) is 0.115. The van der Waals surface area contributed by atoms with Crippen molar-refractivity contribution in [2.45, 2.75) is 19.8 Å². The van der Waals surface area contributed by atoms with Gasteiger partial charge in [-0.25, -0.2) is 0 Å². The van der Waals surface area contributed by atoms with Crippen molar-refractivity contribution in [1.29, 1.82) is 5.26 Å². The molecule has 0 radical (unpaired) electrons. The second kappa shape index (κ2) is 9.31. The van der Waals surface area contributed by atoms with Crippen LogP contribution < -0.4 is 0 Å². The number of nitrogens with zero attached hydrogens (tertiary/aromatic N) is 1. The van der Waals surface area contributed by atoms with Crippen molar-refractivity contribution >= 4 is 11.6 Å². The van der Waals surface area contributed by atoms with E-state index in [0.29, 0.717) is 22.3 Å². The smallest absolute Gasteiger partial charge is 0.167 e. The lowest BCUT2D eigenvalue weighted by atomic mass is 9.96. The summed E-state index contributed by atoms with van der Waals surface area (Å²) in [6.45, 7) is 1.77. The number of nitriles is 1. The quantitative estimate of drug-likeness (QED) is 0.459. The molecule has 0 aliphatic heterocycles. The first-order valence-corrected chi connectivity index (χ1v) is 9.27. The van der Waals surface area contributed by atoms with Gasteiger partial charge in [-0.3, -0.25) is 9.59 Å². The Bertz CT molecular complexity index is 1160. The maximum Gasteiger partial charge on any atom is 0.167 e.